The Labute approximate surface area is 82.6 Å². The van der Waals surface area contributed by atoms with Crippen LogP contribution in [0, 0.1) is 0 Å². The van der Waals surface area contributed by atoms with Gasteiger partial charge >= 0.3 is 5.97 Å². The van der Waals surface area contributed by atoms with Crippen LogP contribution in [0.15, 0.2) is 0 Å². The molecular weight excluding hydrogens is 186 g/mol. The van der Waals surface area contributed by atoms with Gasteiger partial charge in [0.05, 0.1) is 12.1 Å². The predicted octanol–water partition coefficient (Wildman–Crippen LogP) is -0.251. The van der Waals surface area contributed by atoms with Crippen molar-refractivity contribution in [2.75, 3.05) is 20.2 Å². The van der Waals surface area contributed by atoms with E-state index in [1.807, 2.05) is 11.9 Å². The van der Waals surface area contributed by atoms with Crippen LogP contribution in [-0.4, -0.2) is 54.1 Å². The molecule has 5 heteroatoms. The zero-order valence-corrected chi connectivity index (χ0v) is 8.40. The first-order valence-corrected chi connectivity index (χ1v) is 4.54. The summed E-state index contributed by atoms with van der Waals surface area (Å²) >= 11 is 0. The molecule has 0 aromatic carbocycles. The molecule has 1 N–H and O–H groups in total. The highest BCUT2D eigenvalue weighted by Gasteiger charge is 2.33. The van der Waals surface area contributed by atoms with E-state index >= 15 is 0 Å². The van der Waals surface area contributed by atoms with Gasteiger partial charge < -0.3 is 9.84 Å². The molecule has 0 bridgehead atoms. The van der Waals surface area contributed by atoms with Gasteiger partial charge in [0.25, 0.3) is 0 Å². The average Bonchev–Trinajstić information content (AvgIpc) is 2.43. The molecular formula is C9H15NO4. The second kappa shape index (κ2) is 4.52. The lowest BCUT2D eigenvalue weighted by Crippen LogP contribution is -2.31. The lowest BCUT2D eigenvalue weighted by molar-refractivity contribution is -0.144. The zero-order chi connectivity index (χ0) is 10.7. The Bertz CT molecular complexity index is 241. The van der Waals surface area contributed by atoms with Crippen molar-refractivity contribution in [3.8, 4) is 0 Å². The van der Waals surface area contributed by atoms with Gasteiger partial charge in [0.1, 0.15) is 12.4 Å². The Kier molecular flexibility index (Phi) is 3.60. The minimum Gasteiger partial charge on any atom is -0.480 e. The molecule has 1 saturated heterocycles. The maximum absolute atomic E-state index is 11.1. The number of aliphatic carboxylic acids is 1. The number of carboxylic acids is 1. The van der Waals surface area contributed by atoms with Crippen molar-refractivity contribution in [3.05, 3.63) is 0 Å². The lowest BCUT2D eigenvalue weighted by atomic mass is 10.1. The first kappa shape index (κ1) is 11.1. The van der Waals surface area contributed by atoms with E-state index in [4.69, 9.17) is 9.84 Å². The molecule has 5 nitrogen and oxygen atoms in total. The topological polar surface area (TPSA) is 66.8 Å². The standard InChI is InChI=1S/C9H15NO4/c1-6(11)8-3-7(4-10(8)2)14-5-9(12)13/h7-8H,3-5H2,1-2H3,(H,12,13)/t7-,8+/m1/s1. The molecule has 0 radical (unpaired) electrons. The molecule has 0 spiro atoms. The van der Waals surface area contributed by atoms with Crippen molar-refractivity contribution in [2.24, 2.45) is 0 Å². The van der Waals surface area contributed by atoms with Crippen LogP contribution in [0.3, 0.4) is 0 Å². The van der Waals surface area contributed by atoms with Gasteiger partial charge in [-0.05, 0) is 20.4 Å². The quantitative estimate of drug-likeness (QED) is 0.679. The van der Waals surface area contributed by atoms with Gasteiger partial charge in [-0.15, -0.1) is 0 Å². The number of carboxylic acid groups (broad SMARTS) is 1. The summed E-state index contributed by atoms with van der Waals surface area (Å²) in [6.45, 7) is 1.88. The normalized spacial score (nSPS) is 27.9. The van der Waals surface area contributed by atoms with E-state index in [1.165, 1.54) is 0 Å². The van der Waals surface area contributed by atoms with Gasteiger partial charge in [-0.25, -0.2) is 4.79 Å². The Morgan fingerprint density at radius 2 is 2.21 bits per heavy atom. The second-order valence-corrected chi connectivity index (χ2v) is 3.63. The van der Waals surface area contributed by atoms with Crippen LogP contribution in [0.4, 0.5) is 0 Å². The third kappa shape index (κ3) is 2.78. The number of carbonyl (C=O) groups is 2. The first-order chi connectivity index (χ1) is 6.50. The number of Topliss-reactive ketones (excluding diaryl/α,β-unsaturated/α-hetero) is 1. The first-order valence-electron chi connectivity index (χ1n) is 4.54. The van der Waals surface area contributed by atoms with Crippen LogP contribution >= 0.6 is 0 Å². The third-order valence-electron chi connectivity index (χ3n) is 2.42. The predicted molar refractivity (Wildman–Crippen MR) is 49.1 cm³/mol. The molecule has 0 aliphatic carbocycles. The number of carbonyl (C=O) groups excluding carboxylic acids is 1. The van der Waals surface area contributed by atoms with Crippen LogP contribution in [0.2, 0.25) is 0 Å². The summed E-state index contributed by atoms with van der Waals surface area (Å²) in [5, 5.41) is 8.41. The highest BCUT2D eigenvalue weighted by atomic mass is 16.5. The van der Waals surface area contributed by atoms with Gasteiger partial charge in [0, 0.05) is 6.54 Å². The van der Waals surface area contributed by atoms with Crippen LogP contribution < -0.4 is 0 Å². The maximum atomic E-state index is 11.1. The highest BCUT2D eigenvalue weighted by molar-refractivity contribution is 5.81. The highest BCUT2D eigenvalue weighted by Crippen LogP contribution is 2.18. The molecule has 1 aliphatic rings. The molecule has 0 aromatic rings. The molecule has 14 heavy (non-hydrogen) atoms. The van der Waals surface area contributed by atoms with Crippen LogP contribution in [0.1, 0.15) is 13.3 Å². The van der Waals surface area contributed by atoms with Crippen molar-refractivity contribution >= 4 is 11.8 Å². The maximum Gasteiger partial charge on any atom is 0.329 e. The number of nitrogens with zero attached hydrogens (tertiary/aromatic N) is 1. The monoisotopic (exact) mass is 201 g/mol. The molecule has 1 heterocycles. The lowest BCUT2D eigenvalue weighted by Gasteiger charge is -2.14. The summed E-state index contributed by atoms with van der Waals surface area (Å²) in [5.74, 6) is -0.868. The number of rotatable bonds is 4. The van der Waals surface area contributed by atoms with E-state index in [-0.39, 0.29) is 24.5 Å². The molecule has 1 fully saturated rings. The van der Waals surface area contributed by atoms with E-state index in [9.17, 15) is 9.59 Å². The summed E-state index contributed by atoms with van der Waals surface area (Å²) in [5.41, 5.74) is 0. The van der Waals surface area contributed by atoms with Gasteiger partial charge in [-0.1, -0.05) is 0 Å². The minimum absolute atomic E-state index is 0.105. The summed E-state index contributed by atoms with van der Waals surface area (Å²) in [7, 11) is 1.84. The fraction of sp³-hybridized carbons (Fsp3) is 0.778. The second-order valence-electron chi connectivity index (χ2n) is 3.63. The summed E-state index contributed by atoms with van der Waals surface area (Å²) < 4.78 is 5.12. The number of ether oxygens (including phenoxy) is 1. The molecule has 0 saturated carbocycles. The molecule has 0 aromatic heterocycles. The number of ketones is 1. The van der Waals surface area contributed by atoms with Crippen molar-refractivity contribution < 1.29 is 19.4 Å². The van der Waals surface area contributed by atoms with Gasteiger partial charge in [0.2, 0.25) is 0 Å². The van der Waals surface area contributed by atoms with Crippen LogP contribution in [0.5, 0.6) is 0 Å². The fourth-order valence-corrected chi connectivity index (χ4v) is 1.74. The van der Waals surface area contributed by atoms with E-state index < -0.39 is 5.97 Å². The van der Waals surface area contributed by atoms with Gasteiger partial charge in [-0.2, -0.15) is 0 Å². The number of likely N-dealkylation sites (tertiary alicyclic amines) is 1. The molecule has 0 unspecified atom stereocenters. The summed E-state index contributed by atoms with van der Waals surface area (Å²) in [6.07, 6.45) is 0.462. The number of hydrogen-bond acceptors (Lipinski definition) is 4. The van der Waals surface area contributed by atoms with Gasteiger partial charge in [0.15, 0.2) is 0 Å². The largest absolute Gasteiger partial charge is 0.480 e. The summed E-state index contributed by atoms with van der Waals surface area (Å²) in [4.78, 5) is 23.3. The SMILES string of the molecule is CC(=O)[C@@H]1C[C@@H](OCC(=O)O)CN1C. The summed E-state index contributed by atoms with van der Waals surface area (Å²) in [6, 6.07) is -0.117. The fourth-order valence-electron chi connectivity index (χ4n) is 1.74. The molecule has 80 valence electrons. The molecule has 2 atom stereocenters. The van der Waals surface area contributed by atoms with Crippen molar-refractivity contribution in [3.63, 3.8) is 0 Å². The smallest absolute Gasteiger partial charge is 0.329 e. The Hall–Kier alpha value is -0.940. The van der Waals surface area contributed by atoms with E-state index in [1.54, 1.807) is 6.92 Å². The Morgan fingerprint density at radius 3 is 2.64 bits per heavy atom. The van der Waals surface area contributed by atoms with E-state index in [0.29, 0.717) is 13.0 Å². The number of hydrogen-bond donors (Lipinski definition) is 1. The van der Waals surface area contributed by atoms with Crippen molar-refractivity contribution in [1.82, 2.24) is 4.90 Å². The average molecular weight is 201 g/mol. The zero-order valence-electron chi connectivity index (χ0n) is 8.40. The van der Waals surface area contributed by atoms with E-state index in [0.717, 1.165) is 0 Å². The Balaban J connectivity index is 2.38. The minimum atomic E-state index is -0.973. The van der Waals surface area contributed by atoms with Crippen LogP contribution in [0.25, 0.3) is 0 Å². The Morgan fingerprint density at radius 1 is 1.57 bits per heavy atom. The molecule has 1 aliphatic heterocycles. The number of likely N-dealkylation sites (N-methyl/N-ethyl adjacent to an activating group) is 1. The van der Waals surface area contributed by atoms with Crippen molar-refractivity contribution in [2.45, 2.75) is 25.5 Å². The van der Waals surface area contributed by atoms with E-state index in [2.05, 4.69) is 0 Å². The third-order valence-corrected chi connectivity index (χ3v) is 2.42. The van der Waals surface area contributed by atoms with Gasteiger partial charge in [-0.3, -0.25) is 9.69 Å². The molecule has 0 amide bonds. The molecule has 1 rings (SSSR count). The van der Waals surface area contributed by atoms with Crippen LogP contribution in [-0.2, 0) is 14.3 Å². The van der Waals surface area contributed by atoms with Crippen molar-refractivity contribution in [1.29, 1.82) is 0 Å².